The van der Waals surface area contributed by atoms with Crippen molar-refractivity contribution >= 4 is 17.9 Å². The van der Waals surface area contributed by atoms with Crippen LogP contribution in [0.3, 0.4) is 0 Å². The molecule has 0 saturated heterocycles. The largest absolute Gasteiger partial charge is 0.462 e. The summed E-state index contributed by atoms with van der Waals surface area (Å²) in [6.45, 7) is 6.50. The summed E-state index contributed by atoms with van der Waals surface area (Å²) in [6.07, 6.45) is 77.6. The van der Waals surface area contributed by atoms with Gasteiger partial charge in [0.1, 0.15) is 13.2 Å². The van der Waals surface area contributed by atoms with Gasteiger partial charge in [-0.3, -0.25) is 14.4 Å². The Morgan fingerprint density at radius 2 is 0.556 bits per heavy atom. The molecule has 1 atom stereocenters. The average molecular weight is 1010 g/mol. The van der Waals surface area contributed by atoms with Gasteiger partial charge >= 0.3 is 17.9 Å². The van der Waals surface area contributed by atoms with E-state index in [4.69, 9.17) is 14.2 Å². The lowest BCUT2D eigenvalue weighted by molar-refractivity contribution is -0.167. The Kier molecular flexibility index (Phi) is 57.8. The molecule has 0 amide bonds. The van der Waals surface area contributed by atoms with Gasteiger partial charge in [0.05, 0.1) is 0 Å². The molecule has 0 aromatic rings. The molecule has 1 unspecified atom stereocenters. The molecule has 0 aliphatic rings. The van der Waals surface area contributed by atoms with Gasteiger partial charge in [-0.1, -0.05) is 261 Å². The summed E-state index contributed by atoms with van der Waals surface area (Å²) < 4.78 is 16.9. The molecule has 0 aliphatic carbocycles. The van der Waals surface area contributed by atoms with E-state index < -0.39 is 6.10 Å². The maximum atomic E-state index is 12.9. The van der Waals surface area contributed by atoms with Crippen molar-refractivity contribution in [3.05, 3.63) is 72.9 Å². The first kappa shape index (κ1) is 68.8. The van der Waals surface area contributed by atoms with Crippen LogP contribution >= 0.6 is 0 Å². The Morgan fingerprint density at radius 3 is 0.903 bits per heavy atom. The lowest BCUT2D eigenvalue weighted by Gasteiger charge is -2.18. The zero-order valence-electron chi connectivity index (χ0n) is 47.7. The Hall–Kier alpha value is -3.15. The number of rotatable bonds is 56. The number of unbranched alkanes of at least 4 members (excludes halogenated alkanes) is 33. The first-order chi connectivity index (χ1) is 35.5. The molecule has 6 nitrogen and oxygen atoms in total. The maximum absolute atomic E-state index is 12.9. The van der Waals surface area contributed by atoms with Gasteiger partial charge in [0.15, 0.2) is 6.10 Å². The minimum Gasteiger partial charge on any atom is -0.462 e. The van der Waals surface area contributed by atoms with Crippen molar-refractivity contribution < 1.29 is 28.6 Å². The Labute approximate surface area is 446 Å². The molecule has 0 aromatic carbocycles. The molecule has 0 aliphatic heterocycles. The normalized spacial score (nSPS) is 12.5. The molecule has 0 heterocycles. The summed E-state index contributed by atoms with van der Waals surface area (Å²) >= 11 is 0. The van der Waals surface area contributed by atoms with E-state index in [1.807, 2.05) is 0 Å². The topological polar surface area (TPSA) is 78.9 Å². The summed E-state index contributed by atoms with van der Waals surface area (Å²) in [5.74, 6) is -0.884. The highest BCUT2D eigenvalue weighted by Crippen LogP contribution is 2.16. The standard InChI is InChI=1S/C66H116O6/c1-4-7-10-13-16-19-22-24-26-28-30-31-32-33-34-35-36-38-39-41-44-47-50-53-56-59-65(68)71-62-63(61-70-64(67)58-55-52-49-46-43-21-18-15-12-9-6-3)72-66(69)60-57-54-51-48-45-42-40-37-29-27-25-23-20-17-14-11-8-5-2/h7,10,15-16,18-19,24,26-27,29-31,63H,4-6,8-9,11-14,17,20-23,25,28,32-62H2,1-3H3/b10-7-,18-15-,19-16-,26-24-,29-27-,31-30-. The van der Waals surface area contributed by atoms with Crippen LogP contribution in [0.4, 0.5) is 0 Å². The second kappa shape index (κ2) is 60.4. The first-order valence-electron chi connectivity index (χ1n) is 30.9. The molecule has 0 N–H and O–H groups in total. The minimum absolute atomic E-state index is 0.0790. The molecule has 0 bridgehead atoms. The van der Waals surface area contributed by atoms with Crippen LogP contribution in [0.1, 0.15) is 310 Å². The van der Waals surface area contributed by atoms with Gasteiger partial charge in [-0.2, -0.15) is 0 Å². The van der Waals surface area contributed by atoms with Gasteiger partial charge in [-0.25, -0.2) is 0 Å². The highest BCUT2D eigenvalue weighted by molar-refractivity contribution is 5.71. The second-order valence-corrected chi connectivity index (χ2v) is 20.6. The lowest BCUT2D eigenvalue weighted by atomic mass is 10.0. The van der Waals surface area contributed by atoms with Gasteiger partial charge in [-0.15, -0.1) is 0 Å². The number of hydrogen-bond donors (Lipinski definition) is 0. The molecule has 0 saturated carbocycles. The van der Waals surface area contributed by atoms with Crippen LogP contribution in [0.25, 0.3) is 0 Å². The predicted molar refractivity (Wildman–Crippen MR) is 311 cm³/mol. The highest BCUT2D eigenvalue weighted by atomic mass is 16.6. The summed E-state index contributed by atoms with van der Waals surface area (Å²) in [6, 6.07) is 0. The number of allylic oxidation sites excluding steroid dienone is 12. The molecule has 0 spiro atoms. The first-order valence-corrected chi connectivity index (χ1v) is 30.9. The van der Waals surface area contributed by atoms with Crippen LogP contribution in [-0.4, -0.2) is 37.2 Å². The van der Waals surface area contributed by atoms with Gasteiger partial charge in [0.2, 0.25) is 0 Å². The fourth-order valence-electron chi connectivity index (χ4n) is 8.76. The highest BCUT2D eigenvalue weighted by Gasteiger charge is 2.19. The zero-order valence-corrected chi connectivity index (χ0v) is 47.7. The zero-order chi connectivity index (χ0) is 52.2. The number of ether oxygens (including phenoxy) is 3. The quantitative estimate of drug-likeness (QED) is 0.0261. The van der Waals surface area contributed by atoms with Crippen molar-refractivity contribution in [3.8, 4) is 0 Å². The molecule has 416 valence electrons. The van der Waals surface area contributed by atoms with Crippen LogP contribution < -0.4 is 0 Å². The number of carbonyl (C=O) groups is 3. The van der Waals surface area contributed by atoms with Crippen LogP contribution in [0.5, 0.6) is 0 Å². The van der Waals surface area contributed by atoms with E-state index in [2.05, 4.69) is 93.7 Å². The number of hydrogen-bond acceptors (Lipinski definition) is 6. The van der Waals surface area contributed by atoms with Crippen molar-refractivity contribution in [1.29, 1.82) is 0 Å². The van der Waals surface area contributed by atoms with E-state index in [1.165, 1.54) is 180 Å². The van der Waals surface area contributed by atoms with E-state index in [0.29, 0.717) is 19.3 Å². The van der Waals surface area contributed by atoms with E-state index >= 15 is 0 Å². The van der Waals surface area contributed by atoms with Gasteiger partial charge in [-0.05, 0) is 103 Å². The van der Waals surface area contributed by atoms with Crippen LogP contribution in [0, 0.1) is 0 Å². The monoisotopic (exact) mass is 1000 g/mol. The van der Waals surface area contributed by atoms with Crippen molar-refractivity contribution in [2.45, 2.75) is 316 Å². The SMILES string of the molecule is CC/C=C\C/C=C\C/C=C\C/C=C\CCCCCCCCCCCCCCC(=O)OCC(COC(=O)CCCCCCC/C=C\CCCC)OC(=O)CCCCCCCCC/C=C\CCCCCCCCC. The Morgan fingerprint density at radius 1 is 0.292 bits per heavy atom. The minimum atomic E-state index is -0.781. The van der Waals surface area contributed by atoms with Crippen molar-refractivity contribution in [2.24, 2.45) is 0 Å². The van der Waals surface area contributed by atoms with E-state index in [9.17, 15) is 14.4 Å². The predicted octanol–water partition coefficient (Wildman–Crippen LogP) is 20.9. The van der Waals surface area contributed by atoms with Gasteiger partial charge < -0.3 is 14.2 Å². The summed E-state index contributed by atoms with van der Waals surface area (Å²) in [7, 11) is 0. The molecule has 0 radical (unpaired) electrons. The number of carbonyl (C=O) groups excluding carboxylic acids is 3. The van der Waals surface area contributed by atoms with Gasteiger partial charge in [0.25, 0.3) is 0 Å². The second-order valence-electron chi connectivity index (χ2n) is 20.6. The van der Waals surface area contributed by atoms with Crippen LogP contribution in [0.15, 0.2) is 72.9 Å². The maximum Gasteiger partial charge on any atom is 0.306 e. The third kappa shape index (κ3) is 57.7. The van der Waals surface area contributed by atoms with Gasteiger partial charge in [0, 0.05) is 19.3 Å². The van der Waals surface area contributed by atoms with Crippen molar-refractivity contribution in [1.82, 2.24) is 0 Å². The molecule has 0 fully saturated rings. The molecule has 6 heteroatoms. The average Bonchev–Trinajstić information content (AvgIpc) is 3.38. The number of esters is 3. The molecule has 0 rings (SSSR count). The third-order valence-electron chi connectivity index (χ3n) is 13.4. The Bertz CT molecular complexity index is 1340. The molecular formula is C66H116O6. The molecule has 0 aromatic heterocycles. The van der Waals surface area contributed by atoms with Crippen LogP contribution in [0.2, 0.25) is 0 Å². The fraction of sp³-hybridized carbons (Fsp3) is 0.773. The van der Waals surface area contributed by atoms with Crippen molar-refractivity contribution in [3.63, 3.8) is 0 Å². The molecular weight excluding hydrogens is 889 g/mol. The third-order valence-corrected chi connectivity index (χ3v) is 13.4. The van der Waals surface area contributed by atoms with Crippen molar-refractivity contribution in [2.75, 3.05) is 13.2 Å². The van der Waals surface area contributed by atoms with E-state index in [1.54, 1.807) is 0 Å². The molecule has 72 heavy (non-hydrogen) atoms. The lowest BCUT2D eigenvalue weighted by Crippen LogP contribution is -2.30. The fourth-order valence-corrected chi connectivity index (χ4v) is 8.76. The summed E-state index contributed by atoms with van der Waals surface area (Å²) in [5, 5.41) is 0. The summed E-state index contributed by atoms with van der Waals surface area (Å²) in [4.78, 5) is 38.2. The summed E-state index contributed by atoms with van der Waals surface area (Å²) in [5.41, 5.74) is 0. The van der Waals surface area contributed by atoms with E-state index in [0.717, 1.165) is 89.9 Å². The smallest absolute Gasteiger partial charge is 0.306 e. The van der Waals surface area contributed by atoms with E-state index in [-0.39, 0.29) is 31.1 Å². The Balaban J connectivity index is 4.26. The van der Waals surface area contributed by atoms with Crippen LogP contribution in [-0.2, 0) is 28.6 Å².